The first-order valence-electron chi connectivity index (χ1n) is 9.15. The number of carbonyl (C=O) groups excluding carboxylic acids is 2. The van der Waals surface area contributed by atoms with Crippen LogP contribution in [0.25, 0.3) is 0 Å². The second-order valence-electron chi connectivity index (χ2n) is 8.19. The average Bonchev–Trinajstić information content (AvgIpc) is 2.56. The maximum Gasteiger partial charge on any atom is 0.407 e. The number of hydrogen-bond acceptors (Lipinski definition) is 4. The van der Waals surface area contributed by atoms with E-state index in [2.05, 4.69) is 22.5 Å². The van der Waals surface area contributed by atoms with Crippen LogP contribution in [0.15, 0.2) is 36.9 Å². The first kappa shape index (κ1) is 22.7. The fourth-order valence-corrected chi connectivity index (χ4v) is 2.18. The number of alkyl carbamates (subject to hydrolysis) is 1. The minimum Gasteiger partial charge on any atom is -0.444 e. The van der Waals surface area contributed by atoms with E-state index in [1.807, 2.05) is 65.8 Å². The highest BCUT2D eigenvalue weighted by Crippen LogP contribution is 2.09. The smallest absolute Gasteiger partial charge is 0.407 e. The van der Waals surface area contributed by atoms with Gasteiger partial charge in [-0.15, -0.1) is 6.58 Å². The van der Waals surface area contributed by atoms with Crippen molar-refractivity contribution in [3.63, 3.8) is 0 Å². The van der Waals surface area contributed by atoms with Crippen LogP contribution in [0, 0.1) is 0 Å². The van der Waals surface area contributed by atoms with Gasteiger partial charge in [0.25, 0.3) is 0 Å². The topological polar surface area (TPSA) is 79.5 Å². The molecule has 3 N–H and O–H groups in total. The van der Waals surface area contributed by atoms with Crippen LogP contribution in [-0.4, -0.2) is 29.2 Å². The molecule has 1 atom stereocenters. The van der Waals surface area contributed by atoms with Crippen molar-refractivity contribution in [2.24, 2.45) is 0 Å². The Hall–Kier alpha value is -2.34. The number of benzene rings is 1. The molecule has 0 aliphatic rings. The lowest BCUT2D eigenvalue weighted by atomic mass is 10.1. The Morgan fingerprint density at radius 3 is 2.30 bits per heavy atom. The fourth-order valence-electron chi connectivity index (χ4n) is 2.18. The molecule has 0 bridgehead atoms. The molecule has 6 nitrogen and oxygen atoms in total. The summed E-state index contributed by atoms with van der Waals surface area (Å²) in [7, 11) is 0. The van der Waals surface area contributed by atoms with Gasteiger partial charge >= 0.3 is 6.09 Å². The Morgan fingerprint density at radius 1 is 1.15 bits per heavy atom. The molecule has 0 heterocycles. The summed E-state index contributed by atoms with van der Waals surface area (Å²) in [5, 5.41) is 8.88. The van der Waals surface area contributed by atoms with Gasteiger partial charge in [-0.25, -0.2) is 4.79 Å². The van der Waals surface area contributed by atoms with Gasteiger partial charge in [0, 0.05) is 13.1 Å². The van der Waals surface area contributed by atoms with Crippen LogP contribution >= 0.6 is 0 Å². The van der Waals surface area contributed by atoms with Crippen LogP contribution in [0.2, 0.25) is 0 Å². The molecule has 0 fully saturated rings. The molecular formula is C21H33N3O3. The molecule has 150 valence electrons. The Bertz CT molecular complexity index is 663. The number of amides is 2. The molecule has 27 heavy (non-hydrogen) atoms. The maximum atomic E-state index is 12.2. The Morgan fingerprint density at radius 2 is 1.74 bits per heavy atom. The standard InChI is InChI=1S/C21H33N3O3/c1-8-21(6,7)24-18(25)15(2)22-13-16-10-9-11-17(12-16)14-23-19(26)27-20(3,4)5/h8-12,15,22H,1,13-14H2,2-7H3,(H,23,26)(H,24,25). The summed E-state index contributed by atoms with van der Waals surface area (Å²) in [6.45, 7) is 15.7. The van der Waals surface area contributed by atoms with Crippen molar-refractivity contribution in [3.8, 4) is 0 Å². The van der Waals surface area contributed by atoms with Crippen LogP contribution in [0.5, 0.6) is 0 Å². The lowest BCUT2D eigenvalue weighted by Crippen LogP contribution is -2.49. The number of ether oxygens (including phenoxy) is 1. The zero-order valence-electron chi connectivity index (χ0n) is 17.3. The second-order valence-corrected chi connectivity index (χ2v) is 8.19. The van der Waals surface area contributed by atoms with Gasteiger partial charge in [-0.3, -0.25) is 4.79 Å². The molecule has 0 radical (unpaired) electrons. The predicted octanol–water partition coefficient (Wildman–Crippen LogP) is 3.27. The van der Waals surface area contributed by atoms with E-state index in [4.69, 9.17) is 4.74 Å². The molecule has 1 unspecified atom stereocenters. The fraction of sp³-hybridized carbons (Fsp3) is 0.524. The largest absolute Gasteiger partial charge is 0.444 e. The molecule has 0 spiro atoms. The molecule has 6 heteroatoms. The lowest BCUT2D eigenvalue weighted by molar-refractivity contribution is -0.123. The molecule has 0 aliphatic carbocycles. The number of carbonyl (C=O) groups is 2. The minimum atomic E-state index is -0.521. The zero-order chi connectivity index (χ0) is 20.7. The van der Waals surface area contributed by atoms with Gasteiger partial charge in [0.1, 0.15) is 5.60 Å². The first-order chi connectivity index (χ1) is 12.4. The number of hydrogen-bond donors (Lipinski definition) is 3. The van der Waals surface area contributed by atoms with E-state index in [0.717, 1.165) is 11.1 Å². The van der Waals surface area contributed by atoms with Gasteiger partial charge in [0.15, 0.2) is 0 Å². The van der Waals surface area contributed by atoms with Gasteiger partial charge in [0.2, 0.25) is 5.91 Å². The van der Waals surface area contributed by atoms with Gasteiger partial charge in [-0.2, -0.15) is 0 Å². The van der Waals surface area contributed by atoms with Gasteiger partial charge in [0.05, 0.1) is 11.6 Å². The monoisotopic (exact) mass is 375 g/mol. The van der Waals surface area contributed by atoms with E-state index in [1.165, 1.54) is 0 Å². The van der Waals surface area contributed by atoms with Crippen molar-refractivity contribution in [2.75, 3.05) is 0 Å². The highest BCUT2D eigenvalue weighted by atomic mass is 16.6. The molecule has 0 saturated heterocycles. The Labute approximate surface area is 162 Å². The van der Waals surface area contributed by atoms with Crippen molar-refractivity contribution in [3.05, 3.63) is 48.0 Å². The highest BCUT2D eigenvalue weighted by molar-refractivity contribution is 5.82. The molecular weight excluding hydrogens is 342 g/mol. The van der Waals surface area contributed by atoms with Gasteiger partial charge < -0.3 is 20.7 Å². The van der Waals surface area contributed by atoms with Crippen molar-refractivity contribution in [2.45, 2.75) is 71.8 Å². The summed E-state index contributed by atoms with van der Waals surface area (Å²) >= 11 is 0. The summed E-state index contributed by atoms with van der Waals surface area (Å²) in [5.41, 5.74) is 1.03. The summed E-state index contributed by atoms with van der Waals surface area (Å²) in [6, 6.07) is 7.48. The first-order valence-corrected chi connectivity index (χ1v) is 9.15. The minimum absolute atomic E-state index is 0.0809. The number of rotatable bonds is 8. The van der Waals surface area contributed by atoms with Crippen LogP contribution in [0.1, 0.15) is 52.7 Å². The molecule has 2 amide bonds. The maximum absolute atomic E-state index is 12.2. The third-order valence-electron chi connectivity index (χ3n) is 3.79. The van der Waals surface area contributed by atoms with Crippen molar-refractivity contribution >= 4 is 12.0 Å². The SMILES string of the molecule is C=CC(C)(C)NC(=O)C(C)NCc1cccc(CNC(=O)OC(C)(C)C)c1. The summed E-state index contributed by atoms with van der Waals surface area (Å²) in [6.07, 6.45) is 1.26. The van der Waals surface area contributed by atoms with Gasteiger partial charge in [-0.1, -0.05) is 30.3 Å². The third-order valence-corrected chi connectivity index (χ3v) is 3.79. The molecule has 0 aliphatic heterocycles. The van der Waals surface area contributed by atoms with Gasteiger partial charge in [-0.05, 0) is 52.7 Å². The third kappa shape index (κ3) is 9.24. The molecule has 1 aromatic rings. The van der Waals surface area contributed by atoms with E-state index < -0.39 is 17.2 Å². The van der Waals surface area contributed by atoms with Crippen LogP contribution in [0.3, 0.4) is 0 Å². The van der Waals surface area contributed by atoms with Crippen LogP contribution in [-0.2, 0) is 22.6 Å². The predicted molar refractivity (Wildman–Crippen MR) is 108 cm³/mol. The van der Waals surface area contributed by atoms with Crippen molar-refractivity contribution in [1.82, 2.24) is 16.0 Å². The molecule has 1 rings (SSSR count). The summed E-state index contributed by atoms with van der Waals surface area (Å²) in [4.78, 5) is 24.0. The number of nitrogens with one attached hydrogen (secondary N) is 3. The van der Waals surface area contributed by atoms with Crippen molar-refractivity contribution < 1.29 is 14.3 Å². The second kappa shape index (κ2) is 9.55. The summed E-state index contributed by atoms with van der Waals surface area (Å²) < 4.78 is 5.23. The average molecular weight is 376 g/mol. The Kier molecular flexibility index (Phi) is 8.03. The van der Waals surface area contributed by atoms with E-state index in [1.54, 1.807) is 6.08 Å². The van der Waals surface area contributed by atoms with E-state index in [9.17, 15) is 9.59 Å². The van der Waals surface area contributed by atoms with E-state index in [-0.39, 0.29) is 11.9 Å². The normalized spacial score (nSPS) is 12.8. The molecule has 1 aromatic carbocycles. The van der Waals surface area contributed by atoms with Crippen molar-refractivity contribution in [1.29, 1.82) is 0 Å². The van der Waals surface area contributed by atoms with E-state index in [0.29, 0.717) is 13.1 Å². The molecule has 0 saturated carbocycles. The highest BCUT2D eigenvalue weighted by Gasteiger charge is 2.20. The van der Waals surface area contributed by atoms with Crippen LogP contribution < -0.4 is 16.0 Å². The van der Waals surface area contributed by atoms with E-state index >= 15 is 0 Å². The Balaban J connectivity index is 2.53. The molecule has 0 aromatic heterocycles. The lowest BCUT2D eigenvalue weighted by Gasteiger charge is -2.24. The zero-order valence-corrected chi connectivity index (χ0v) is 17.3. The quantitative estimate of drug-likeness (QED) is 0.609. The summed E-state index contributed by atoms with van der Waals surface area (Å²) in [5.74, 6) is -0.0809. The van der Waals surface area contributed by atoms with Crippen LogP contribution in [0.4, 0.5) is 4.79 Å².